The minimum Gasteiger partial charge on any atom is -0.492 e. The maximum atomic E-state index is 5.96. The molecule has 20 heavy (non-hydrogen) atoms. The normalized spacial score (nSPS) is 11.0. The van der Waals surface area contributed by atoms with Crippen LogP contribution in [0.25, 0.3) is 0 Å². The Balaban J connectivity index is 1.85. The fraction of sp³-hybridized carbons (Fsp3) is 0.438. The number of aryl methyl sites for hydroxylation is 2. The summed E-state index contributed by atoms with van der Waals surface area (Å²) in [7, 11) is 0. The molecule has 0 amide bonds. The lowest BCUT2D eigenvalue weighted by molar-refractivity contribution is 0.208. The van der Waals surface area contributed by atoms with Gasteiger partial charge in [0, 0.05) is 18.1 Å². The van der Waals surface area contributed by atoms with E-state index >= 15 is 0 Å². The first kappa shape index (κ1) is 15.0. The summed E-state index contributed by atoms with van der Waals surface area (Å²) in [6.45, 7) is 9.91. The Bertz CT molecular complexity index is 505. The van der Waals surface area contributed by atoms with Crippen molar-refractivity contribution < 1.29 is 4.74 Å². The van der Waals surface area contributed by atoms with E-state index in [2.05, 4.69) is 48.9 Å². The van der Waals surface area contributed by atoms with Crippen molar-refractivity contribution >= 4 is 11.3 Å². The van der Waals surface area contributed by atoms with Gasteiger partial charge in [-0.1, -0.05) is 25.1 Å². The lowest BCUT2D eigenvalue weighted by atomic mass is 10.1. The fourth-order valence-electron chi connectivity index (χ4n) is 2.17. The van der Waals surface area contributed by atoms with E-state index < -0.39 is 0 Å². The number of para-hydroxylation sites is 1. The highest BCUT2D eigenvalue weighted by atomic mass is 32.1. The zero-order valence-electron chi connectivity index (χ0n) is 12.4. The maximum absolute atomic E-state index is 5.96. The van der Waals surface area contributed by atoms with Crippen LogP contribution >= 0.6 is 11.3 Å². The molecule has 0 saturated carbocycles. The van der Waals surface area contributed by atoms with Crippen molar-refractivity contribution in [3.05, 3.63) is 45.9 Å². The quantitative estimate of drug-likeness (QED) is 0.778. The van der Waals surface area contributed by atoms with E-state index in [1.165, 1.54) is 16.1 Å². The fourth-order valence-corrected chi connectivity index (χ4v) is 2.83. The molecule has 3 nitrogen and oxygen atoms in total. The van der Waals surface area contributed by atoms with Crippen LogP contribution in [0.2, 0.25) is 0 Å². The van der Waals surface area contributed by atoms with Crippen LogP contribution in [0.5, 0.6) is 5.75 Å². The van der Waals surface area contributed by atoms with E-state index in [1.54, 1.807) is 11.3 Å². The summed E-state index contributed by atoms with van der Waals surface area (Å²) in [5.41, 5.74) is 2.40. The standard InChI is InChI=1S/C16H22N2OS/c1-4-18(12-15-17-8-11-20-15)9-10-19-16-13(2)6-5-7-14(16)3/h5-8,11H,4,9-10,12H2,1-3H3. The molecule has 0 atom stereocenters. The van der Waals surface area contributed by atoms with Gasteiger partial charge in [-0.15, -0.1) is 11.3 Å². The Morgan fingerprint density at radius 3 is 2.60 bits per heavy atom. The number of aromatic nitrogens is 1. The van der Waals surface area contributed by atoms with Crippen LogP contribution in [0.3, 0.4) is 0 Å². The number of hydrogen-bond acceptors (Lipinski definition) is 4. The number of ether oxygens (including phenoxy) is 1. The second-order valence-corrected chi connectivity index (χ2v) is 5.84. The first-order valence-corrected chi connectivity index (χ1v) is 7.88. The number of rotatable bonds is 7. The Morgan fingerprint density at radius 1 is 1.25 bits per heavy atom. The second kappa shape index (κ2) is 7.41. The number of thiazole rings is 1. The van der Waals surface area contributed by atoms with Crippen LogP contribution in [-0.2, 0) is 6.54 Å². The maximum Gasteiger partial charge on any atom is 0.125 e. The Kier molecular flexibility index (Phi) is 5.56. The largest absolute Gasteiger partial charge is 0.492 e. The summed E-state index contributed by atoms with van der Waals surface area (Å²) in [5.74, 6) is 1.03. The summed E-state index contributed by atoms with van der Waals surface area (Å²) < 4.78 is 5.96. The lowest BCUT2D eigenvalue weighted by Gasteiger charge is -2.20. The molecule has 0 fully saturated rings. The topological polar surface area (TPSA) is 25.4 Å². The van der Waals surface area contributed by atoms with Crippen LogP contribution < -0.4 is 4.74 Å². The zero-order valence-corrected chi connectivity index (χ0v) is 13.2. The lowest BCUT2D eigenvalue weighted by Crippen LogP contribution is -2.28. The molecule has 0 radical (unpaired) electrons. The van der Waals surface area contributed by atoms with E-state index in [9.17, 15) is 0 Å². The molecule has 0 saturated heterocycles. The molecule has 1 aromatic heterocycles. The summed E-state index contributed by atoms with van der Waals surface area (Å²) in [6, 6.07) is 6.25. The molecule has 0 unspecified atom stereocenters. The van der Waals surface area contributed by atoms with Crippen molar-refractivity contribution in [1.82, 2.24) is 9.88 Å². The van der Waals surface area contributed by atoms with Crippen LogP contribution in [0.4, 0.5) is 0 Å². The summed E-state index contributed by atoms with van der Waals surface area (Å²) >= 11 is 1.71. The van der Waals surface area contributed by atoms with E-state index in [-0.39, 0.29) is 0 Å². The van der Waals surface area contributed by atoms with Gasteiger partial charge in [-0.25, -0.2) is 4.98 Å². The first-order chi connectivity index (χ1) is 9.70. The van der Waals surface area contributed by atoms with Gasteiger partial charge in [-0.05, 0) is 31.5 Å². The van der Waals surface area contributed by atoms with Crippen molar-refractivity contribution in [3.8, 4) is 5.75 Å². The highest BCUT2D eigenvalue weighted by Gasteiger charge is 2.07. The minimum absolute atomic E-state index is 0.713. The molecule has 0 spiro atoms. The first-order valence-electron chi connectivity index (χ1n) is 7.00. The van der Waals surface area contributed by atoms with E-state index in [4.69, 9.17) is 4.74 Å². The zero-order chi connectivity index (χ0) is 14.4. The van der Waals surface area contributed by atoms with Crippen molar-refractivity contribution in [1.29, 1.82) is 0 Å². The molecule has 0 aliphatic rings. The van der Waals surface area contributed by atoms with Gasteiger partial charge in [0.05, 0.1) is 6.54 Å². The van der Waals surface area contributed by atoms with E-state index in [1.807, 2.05) is 11.6 Å². The molecule has 2 aromatic rings. The third kappa shape index (κ3) is 4.05. The van der Waals surface area contributed by atoms with Crippen LogP contribution in [0.1, 0.15) is 23.1 Å². The van der Waals surface area contributed by atoms with Crippen molar-refractivity contribution in [2.45, 2.75) is 27.3 Å². The number of likely N-dealkylation sites (N-methyl/N-ethyl adjacent to an activating group) is 1. The van der Waals surface area contributed by atoms with Gasteiger partial charge < -0.3 is 4.74 Å². The van der Waals surface area contributed by atoms with Crippen molar-refractivity contribution in [2.24, 2.45) is 0 Å². The Morgan fingerprint density at radius 2 is 2.00 bits per heavy atom. The molecule has 0 bridgehead atoms. The van der Waals surface area contributed by atoms with Crippen molar-refractivity contribution in [3.63, 3.8) is 0 Å². The number of hydrogen-bond donors (Lipinski definition) is 0. The number of benzene rings is 1. The smallest absolute Gasteiger partial charge is 0.125 e. The molecule has 0 N–H and O–H groups in total. The van der Waals surface area contributed by atoms with Gasteiger partial charge >= 0.3 is 0 Å². The Hall–Kier alpha value is -1.39. The summed E-state index contributed by atoms with van der Waals surface area (Å²) in [4.78, 5) is 6.69. The third-order valence-electron chi connectivity index (χ3n) is 3.35. The molecule has 0 aliphatic heterocycles. The molecule has 108 valence electrons. The molecule has 1 heterocycles. The van der Waals surface area contributed by atoms with Crippen LogP contribution in [0, 0.1) is 13.8 Å². The van der Waals surface area contributed by atoms with Gasteiger partial charge in [0.25, 0.3) is 0 Å². The van der Waals surface area contributed by atoms with E-state index in [0.717, 1.165) is 25.4 Å². The Labute approximate surface area is 125 Å². The highest BCUT2D eigenvalue weighted by molar-refractivity contribution is 7.09. The monoisotopic (exact) mass is 290 g/mol. The van der Waals surface area contributed by atoms with Crippen LogP contribution in [0.15, 0.2) is 29.8 Å². The minimum atomic E-state index is 0.713. The predicted octanol–water partition coefficient (Wildman–Crippen LogP) is 3.66. The molecular weight excluding hydrogens is 268 g/mol. The molecular formula is C16H22N2OS. The van der Waals surface area contributed by atoms with Gasteiger partial charge in [0.1, 0.15) is 17.4 Å². The molecule has 2 rings (SSSR count). The predicted molar refractivity (Wildman–Crippen MR) is 84.5 cm³/mol. The summed E-state index contributed by atoms with van der Waals surface area (Å²) in [5, 5.41) is 3.19. The highest BCUT2D eigenvalue weighted by Crippen LogP contribution is 2.22. The van der Waals surface area contributed by atoms with Crippen LogP contribution in [-0.4, -0.2) is 29.6 Å². The second-order valence-electron chi connectivity index (χ2n) is 4.86. The summed E-state index contributed by atoms with van der Waals surface area (Å²) in [6.07, 6.45) is 1.86. The van der Waals surface area contributed by atoms with Gasteiger partial charge in [0.2, 0.25) is 0 Å². The van der Waals surface area contributed by atoms with Gasteiger partial charge in [0.15, 0.2) is 0 Å². The average Bonchev–Trinajstić information content (AvgIpc) is 2.93. The van der Waals surface area contributed by atoms with Crippen molar-refractivity contribution in [2.75, 3.05) is 19.7 Å². The SMILES string of the molecule is CCN(CCOc1c(C)cccc1C)Cc1nccs1. The van der Waals surface area contributed by atoms with Gasteiger partial charge in [-0.3, -0.25) is 4.90 Å². The molecule has 0 aliphatic carbocycles. The van der Waals surface area contributed by atoms with Gasteiger partial charge in [-0.2, -0.15) is 0 Å². The molecule has 1 aromatic carbocycles. The number of nitrogens with zero attached hydrogens (tertiary/aromatic N) is 2. The van der Waals surface area contributed by atoms with E-state index in [0.29, 0.717) is 6.61 Å². The molecule has 4 heteroatoms. The third-order valence-corrected chi connectivity index (χ3v) is 4.12. The average molecular weight is 290 g/mol.